The molecule has 4 nitrogen and oxygen atoms in total. The molecule has 1 aliphatic heterocycles. The molecule has 72 valence electrons. The van der Waals surface area contributed by atoms with Crippen LogP contribution in [0.5, 0.6) is 0 Å². The molecule has 0 aromatic rings. The molecule has 8 heteroatoms. The van der Waals surface area contributed by atoms with Gasteiger partial charge in [-0.15, -0.1) is 8.39 Å². The lowest BCUT2D eigenvalue weighted by Crippen LogP contribution is -2.11. The van der Waals surface area contributed by atoms with Crippen LogP contribution in [0, 0.1) is 0 Å². The lowest BCUT2D eigenvalue weighted by Gasteiger charge is -2.06. The summed E-state index contributed by atoms with van der Waals surface area (Å²) in [4.78, 5) is 0. The minimum atomic E-state index is -5.54. The molecule has 0 saturated carbocycles. The van der Waals surface area contributed by atoms with E-state index in [1.54, 1.807) is 0 Å². The highest BCUT2D eigenvalue weighted by Crippen LogP contribution is 2.52. The van der Waals surface area contributed by atoms with Gasteiger partial charge in [0, 0.05) is 0 Å². The monoisotopic (exact) mass is 220 g/mol. The van der Waals surface area contributed by atoms with E-state index >= 15 is 0 Å². The predicted octanol–water partition coefficient (Wildman–Crippen LogP) is 1.24. The molecule has 1 saturated heterocycles. The molecular weight excluding hydrogens is 213 g/mol. The van der Waals surface area contributed by atoms with E-state index in [9.17, 15) is 21.4 Å². The molecule has 0 aromatic heterocycles. The van der Waals surface area contributed by atoms with Gasteiger partial charge in [0.25, 0.3) is 0 Å². The third-order valence-electron chi connectivity index (χ3n) is 1.46. The topological polar surface area (TPSA) is 60.4 Å². The van der Waals surface area contributed by atoms with E-state index in [1.165, 1.54) is 0 Å². The van der Waals surface area contributed by atoms with E-state index in [1.807, 2.05) is 0 Å². The SMILES string of the molecule is O=P(F)(F)OC1CCS(=O)(=O)C1. The van der Waals surface area contributed by atoms with E-state index in [4.69, 9.17) is 0 Å². The van der Waals surface area contributed by atoms with Crippen LogP contribution in [0.4, 0.5) is 8.39 Å². The van der Waals surface area contributed by atoms with E-state index in [2.05, 4.69) is 4.52 Å². The average Bonchev–Trinajstić information content (AvgIpc) is 2.05. The molecule has 1 unspecified atom stereocenters. The summed E-state index contributed by atoms with van der Waals surface area (Å²) in [5.74, 6) is -0.623. The van der Waals surface area contributed by atoms with Crippen molar-refractivity contribution in [1.29, 1.82) is 0 Å². The zero-order valence-corrected chi connectivity index (χ0v) is 7.65. The minimum Gasteiger partial charge on any atom is -0.276 e. The zero-order valence-electron chi connectivity index (χ0n) is 5.94. The summed E-state index contributed by atoms with van der Waals surface area (Å²) in [6.45, 7) is 0. The highest BCUT2D eigenvalue weighted by atomic mass is 32.2. The number of rotatable bonds is 2. The molecule has 12 heavy (non-hydrogen) atoms. The summed E-state index contributed by atoms with van der Waals surface area (Å²) in [7, 11) is -8.78. The Bertz CT molecular complexity index is 307. The normalized spacial score (nSPS) is 29.0. The first-order chi connectivity index (χ1) is 5.29. The van der Waals surface area contributed by atoms with Crippen LogP contribution in [-0.4, -0.2) is 26.0 Å². The Morgan fingerprint density at radius 1 is 1.42 bits per heavy atom. The molecule has 1 atom stereocenters. The largest absolute Gasteiger partial charge is 0.552 e. The molecule has 0 bridgehead atoms. The van der Waals surface area contributed by atoms with Crippen molar-refractivity contribution in [3.05, 3.63) is 0 Å². The summed E-state index contributed by atoms with van der Waals surface area (Å²) in [6.07, 6.45) is -1.10. The molecule has 1 fully saturated rings. The van der Waals surface area contributed by atoms with Crippen LogP contribution in [0.2, 0.25) is 0 Å². The summed E-state index contributed by atoms with van der Waals surface area (Å²) in [6, 6.07) is 0. The lowest BCUT2D eigenvalue weighted by molar-refractivity contribution is 0.190. The van der Waals surface area contributed by atoms with E-state index in [-0.39, 0.29) is 12.2 Å². The first-order valence-corrected chi connectivity index (χ1v) is 6.39. The van der Waals surface area contributed by atoms with Crippen molar-refractivity contribution in [2.75, 3.05) is 11.5 Å². The van der Waals surface area contributed by atoms with Crippen LogP contribution in [0.25, 0.3) is 0 Å². The maximum Gasteiger partial charge on any atom is 0.552 e. The molecular formula is C4H7F2O4PS. The second-order valence-corrected chi connectivity index (χ2v) is 5.81. The van der Waals surface area contributed by atoms with Gasteiger partial charge in [-0.2, -0.15) is 0 Å². The molecule has 0 radical (unpaired) electrons. The fraction of sp³-hybridized carbons (Fsp3) is 1.00. The Morgan fingerprint density at radius 3 is 2.33 bits per heavy atom. The second kappa shape index (κ2) is 3.05. The van der Waals surface area contributed by atoms with Gasteiger partial charge in [-0.1, -0.05) is 0 Å². The highest BCUT2D eigenvalue weighted by molar-refractivity contribution is 7.91. The first kappa shape index (κ1) is 10.1. The van der Waals surface area contributed by atoms with Gasteiger partial charge in [-0.25, -0.2) is 13.0 Å². The van der Waals surface area contributed by atoms with Crippen LogP contribution in [0.3, 0.4) is 0 Å². The Kier molecular flexibility index (Phi) is 2.56. The first-order valence-electron chi connectivity index (χ1n) is 3.17. The van der Waals surface area contributed by atoms with Crippen molar-refractivity contribution in [1.82, 2.24) is 0 Å². The van der Waals surface area contributed by atoms with Gasteiger partial charge in [0.2, 0.25) is 0 Å². The average molecular weight is 220 g/mol. The molecule has 0 aliphatic carbocycles. The van der Waals surface area contributed by atoms with Gasteiger partial charge in [-0.05, 0) is 6.42 Å². The standard InChI is InChI=1S/C4H7F2O4PS/c5-11(6,7)10-4-1-2-12(8,9)3-4/h4H,1-3H2. The maximum absolute atomic E-state index is 11.8. The van der Waals surface area contributed by atoms with Crippen LogP contribution in [-0.2, 0) is 18.9 Å². The lowest BCUT2D eigenvalue weighted by atomic mass is 10.3. The molecule has 0 aromatic carbocycles. The van der Waals surface area contributed by atoms with Crippen molar-refractivity contribution in [2.24, 2.45) is 0 Å². The zero-order chi connectivity index (χ0) is 9.41. The summed E-state index contributed by atoms with van der Waals surface area (Å²) < 4.78 is 58.6. The van der Waals surface area contributed by atoms with E-state index in [0.29, 0.717) is 0 Å². The quantitative estimate of drug-likeness (QED) is 0.657. The summed E-state index contributed by atoms with van der Waals surface area (Å²) in [5, 5.41) is 0. The van der Waals surface area contributed by atoms with Crippen LogP contribution < -0.4 is 0 Å². The van der Waals surface area contributed by atoms with Crippen molar-refractivity contribution in [3.63, 3.8) is 0 Å². The van der Waals surface area contributed by atoms with Crippen molar-refractivity contribution >= 4 is 17.8 Å². The molecule has 1 rings (SSSR count). The Balaban J connectivity index is 2.55. The molecule has 0 N–H and O–H groups in total. The van der Waals surface area contributed by atoms with E-state index < -0.39 is 29.7 Å². The van der Waals surface area contributed by atoms with Gasteiger partial charge < -0.3 is 0 Å². The number of halogens is 2. The Hall–Kier alpha value is -0.0000000000000000555. The van der Waals surface area contributed by atoms with Crippen molar-refractivity contribution < 1.29 is 25.9 Å². The highest BCUT2D eigenvalue weighted by Gasteiger charge is 2.35. The molecule has 1 aliphatic rings. The third kappa shape index (κ3) is 3.16. The molecule has 0 amide bonds. The number of hydrogen-bond donors (Lipinski definition) is 0. The Morgan fingerprint density at radius 2 is 2.00 bits per heavy atom. The predicted molar refractivity (Wildman–Crippen MR) is 38.0 cm³/mol. The van der Waals surface area contributed by atoms with Gasteiger partial charge in [0.1, 0.15) is 0 Å². The van der Waals surface area contributed by atoms with Gasteiger partial charge in [0.05, 0.1) is 17.6 Å². The van der Waals surface area contributed by atoms with E-state index in [0.717, 1.165) is 0 Å². The number of sulfone groups is 1. The maximum atomic E-state index is 11.8. The van der Waals surface area contributed by atoms with Gasteiger partial charge in [0.15, 0.2) is 9.84 Å². The smallest absolute Gasteiger partial charge is 0.276 e. The molecule has 0 spiro atoms. The third-order valence-corrected chi connectivity index (χ3v) is 3.74. The fourth-order valence-electron chi connectivity index (χ4n) is 1.02. The Labute approximate surface area is 68.5 Å². The molecule has 1 heterocycles. The van der Waals surface area contributed by atoms with Crippen molar-refractivity contribution in [2.45, 2.75) is 12.5 Å². The van der Waals surface area contributed by atoms with Crippen LogP contribution in [0.15, 0.2) is 0 Å². The van der Waals surface area contributed by atoms with Crippen LogP contribution >= 0.6 is 7.99 Å². The minimum absolute atomic E-state index is 0.000162. The van der Waals surface area contributed by atoms with Crippen molar-refractivity contribution in [3.8, 4) is 0 Å². The number of hydrogen-bond acceptors (Lipinski definition) is 4. The van der Waals surface area contributed by atoms with Crippen LogP contribution in [0.1, 0.15) is 6.42 Å². The summed E-state index contributed by atoms with van der Waals surface area (Å²) >= 11 is 0. The fourth-order valence-corrected chi connectivity index (χ4v) is 3.24. The second-order valence-electron chi connectivity index (χ2n) is 2.54. The van der Waals surface area contributed by atoms with Gasteiger partial charge in [-0.3, -0.25) is 4.52 Å². The van der Waals surface area contributed by atoms with Gasteiger partial charge >= 0.3 is 7.99 Å². The summed E-state index contributed by atoms with van der Waals surface area (Å²) in [5.41, 5.74) is 0.